The van der Waals surface area contributed by atoms with Gasteiger partial charge < -0.3 is 15.4 Å². The fraction of sp³-hybridized carbons (Fsp3) is 0.133. The SMILES string of the molecule is COc1ccc(Cl)cc1N(CC(=O)Nc1ccccc1C(=O)N[C@@H](C)c1ccccc1)S(=O)(=O)c1ccccc1. The van der Waals surface area contributed by atoms with E-state index >= 15 is 0 Å². The van der Waals surface area contributed by atoms with E-state index in [1.165, 1.54) is 31.4 Å². The number of anilines is 2. The molecule has 2 N–H and O–H groups in total. The summed E-state index contributed by atoms with van der Waals surface area (Å²) in [5.41, 5.74) is 1.49. The van der Waals surface area contributed by atoms with Crippen LogP contribution in [-0.2, 0) is 14.8 Å². The Morgan fingerprint density at radius 3 is 2.20 bits per heavy atom. The van der Waals surface area contributed by atoms with Crippen LogP contribution in [0.5, 0.6) is 5.75 Å². The fourth-order valence-electron chi connectivity index (χ4n) is 4.09. The van der Waals surface area contributed by atoms with Gasteiger partial charge in [0.05, 0.1) is 35.0 Å². The maximum Gasteiger partial charge on any atom is 0.264 e. The van der Waals surface area contributed by atoms with Crippen molar-refractivity contribution < 1.29 is 22.7 Å². The number of hydrogen-bond donors (Lipinski definition) is 2. The monoisotopic (exact) mass is 577 g/mol. The summed E-state index contributed by atoms with van der Waals surface area (Å²) in [5.74, 6) is -0.846. The Morgan fingerprint density at radius 2 is 1.52 bits per heavy atom. The second kappa shape index (κ2) is 12.7. The zero-order valence-electron chi connectivity index (χ0n) is 21.9. The summed E-state index contributed by atoms with van der Waals surface area (Å²) in [6, 6.07) is 28.0. The molecule has 0 bridgehead atoms. The van der Waals surface area contributed by atoms with Crippen LogP contribution in [-0.4, -0.2) is 33.9 Å². The second-order valence-electron chi connectivity index (χ2n) is 8.84. The third kappa shape index (κ3) is 6.62. The van der Waals surface area contributed by atoms with Crippen LogP contribution in [0.1, 0.15) is 28.9 Å². The molecule has 40 heavy (non-hydrogen) atoms. The molecule has 0 aliphatic rings. The third-order valence-corrected chi connectivity index (χ3v) is 8.13. The number of nitrogens with one attached hydrogen (secondary N) is 2. The smallest absolute Gasteiger partial charge is 0.264 e. The molecular formula is C30H28ClN3O5S. The van der Waals surface area contributed by atoms with Crippen LogP contribution >= 0.6 is 11.6 Å². The zero-order valence-corrected chi connectivity index (χ0v) is 23.4. The largest absolute Gasteiger partial charge is 0.495 e. The van der Waals surface area contributed by atoms with Gasteiger partial charge in [-0.15, -0.1) is 0 Å². The molecule has 2 amide bonds. The van der Waals surface area contributed by atoms with Crippen LogP contribution in [0.2, 0.25) is 5.02 Å². The zero-order chi connectivity index (χ0) is 28.7. The number of carbonyl (C=O) groups is 2. The molecule has 0 saturated carbocycles. The van der Waals surface area contributed by atoms with Gasteiger partial charge in [0.25, 0.3) is 15.9 Å². The Hall–Kier alpha value is -4.34. The van der Waals surface area contributed by atoms with Gasteiger partial charge in [0.2, 0.25) is 5.91 Å². The summed E-state index contributed by atoms with van der Waals surface area (Å²) in [5, 5.41) is 5.90. The lowest BCUT2D eigenvalue weighted by molar-refractivity contribution is -0.114. The van der Waals surface area contributed by atoms with Crippen LogP contribution in [0.4, 0.5) is 11.4 Å². The average Bonchev–Trinajstić information content (AvgIpc) is 2.97. The number of methoxy groups -OCH3 is 1. The third-order valence-electron chi connectivity index (χ3n) is 6.12. The number of sulfonamides is 1. The second-order valence-corrected chi connectivity index (χ2v) is 11.1. The number of carbonyl (C=O) groups excluding carboxylic acids is 2. The highest BCUT2D eigenvalue weighted by atomic mass is 35.5. The highest BCUT2D eigenvalue weighted by molar-refractivity contribution is 7.92. The fourth-order valence-corrected chi connectivity index (χ4v) is 5.70. The van der Waals surface area contributed by atoms with Crippen molar-refractivity contribution in [1.29, 1.82) is 0 Å². The van der Waals surface area contributed by atoms with Gasteiger partial charge in [-0.3, -0.25) is 13.9 Å². The highest BCUT2D eigenvalue weighted by Crippen LogP contribution is 2.35. The molecule has 10 heteroatoms. The predicted molar refractivity (Wildman–Crippen MR) is 156 cm³/mol. The summed E-state index contributed by atoms with van der Waals surface area (Å²) < 4.78 is 33.7. The van der Waals surface area contributed by atoms with Gasteiger partial charge in [-0.25, -0.2) is 8.42 Å². The molecule has 4 rings (SSSR count). The molecule has 4 aromatic rings. The average molecular weight is 578 g/mol. The van der Waals surface area contributed by atoms with Crippen LogP contribution in [0.25, 0.3) is 0 Å². The maximum absolute atomic E-state index is 13.7. The Balaban J connectivity index is 1.62. The van der Waals surface area contributed by atoms with Crippen molar-refractivity contribution in [2.24, 2.45) is 0 Å². The van der Waals surface area contributed by atoms with E-state index in [1.54, 1.807) is 48.5 Å². The number of nitrogens with zero attached hydrogens (tertiary/aromatic N) is 1. The van der Waals surface area contributed by atoms with Crippen LogP contribution in [0.15, 0.2) is 108 Å². The predicted octanol–water partition coefficient (Wildman–Crippen LogP) is 5.67. The van der Waals surface area contributed by atoms with E-state index in [0.29, 0.717) is 0 Å². The summed E-state index contributed by atoms with van der Waals surface area (Å²) in [6.45, 7) is 1.25. The first kappa shape index (κ1) is 28.7. The summed E-state index contributed by atoms with van der Waals surface area (Å²) >= 11 is 6.20. The van der Waals surface area contributed by atoms with Crippen molar-refractivity contribution in [3.8, 4) is 5.75 Å². The van der Waals surface area contributed by atoms with Gasteiger partial charge >= 0.3 is 0 Å². The van der Waals surface area contributed by atoms with Gasteiger partial charge in [0.1, 0.15) is 12.3 Å². The minimum atomic E-state index is -4.21. The molecule has 0 saturated heterocycles. The van der Waals surface area contributed by atoms with Crippen LogP contribution in [0, 0.1) is 0 Å². The van der Waals surface area contributed by atoms with Crippen LogP contribution in [0.3, 0.4) is 0 Å². The summed E-state index contributed by atoms with van der Waals surface area (Å²) in [7, 11) is -2.81. The Bertz CT molecular complexity index is 1600. The van der Waals surface area contributed by atoms with E-state index in [0.717, 1.165) is 9.87 Å². The van der Waals surface area contributed by atoms with Crippen molar-refractivity contribution in [1.82, 2.24) is 5.32 Å². The molecule has 206 valence electrons. The van der Waals surface area contributed by atoms with E-state index in [4.69, 9.17) is 16.3 Å². The molecule has 1 atom stereocenters. The first-order valence-electron chi connectivity index (χ1n) is 12.4. The number of rotatable bonds is 10. The van der Waals surface area contributed by atoms with E-state index < -0.39 is 28.4 Å². The topological polar surface area (TPSA) is 105 Å². The first-order chi connectivity index (χ1) is 19.2. The number of ether oxygens (including phenoxy) is 1. The molecule has 8 nitrogen and oxygen atoms in total. The standard InChI is InChI=1S/C30H28ClN3O5S/c1-21(22-11-5-3-6-12-22)32-30(36)25-15-9-10-16-26(25)33-29(35)20-34(27-19-23(31)17-18-28(27)39-2)40(37,38)24-13-7-4-8-14-24/h3-19,21H,20H2,1-2H3,(H,32,36)(H,33,35)/t21-/m0/s1. The Kier molecular flexibility index (Phi) is 9.08. The normalized spacial score (nSPS) is 11.8. The van der Waals surface area contributed by atoms with E-state index in [9.17, 15) is 18.0 Å². The van der Waals surface area contributed by atoms with E-state index in [-0.39, 0.29) is 38.6 Å². The highest BCUT2D eigenvalue weighted by Gasteiger charge is 2.30. The quantitative estimate of drug-likeness (QED) is 0.252. The number of hydrogen-bond acceptors (Lipinski definition) is 5. The summed E-state index contributed by atoms with van der Waals surface area (Å²) in [4.78, 5) is 26.5. The van der Waals surface area contributed by atoms with Crippen molar-refractivity contribution in [3.63, 3.8) is 0 Å². The van der Waals surface area contributed by atoms with E-state index in [1.807, 2.05) is 37.3 Å². The van der Waals surface area contributed by atoms with Gasteiger partial charge in [-0.2, -0.15) is 0 Å². The molecule has 0 fully saturated rings. The molecule has 4 aromatic carbocycles. The maximum atomic E-state index is 13.7. The number of benzene rings is 4. The molecule has 0 unspecified atom stereocenters. The lowest BCUT2D eigenvalue weighted by atomic mass is 10.1. The van der Waals surface area contributed by atoms with Gasteiger partial charge in [0, 0.05) is 5.02 Å². The molecule has 0 radical (unpaired) electrons. The minimum absolute atomic E-state index is 0.0143. The lowest BCUT2D eigenvalue weighted by Crippen LogP contribution is -2.38. The molecule has 0 aromatic heterocycles. The first-order valence-corrected chi connectivity index (χ1v) is 14.2. The molecule has 0 aliphatic heterocycles. The Labute approximate surface area is 238 Å². The lowest BCUT2D eigenvalue weighted by Gasteiger charge is -2.26. The molecule has 0 heterocycles. The Morgan fingerprint density at radius 1 is 0.900 bits per heavy atom. The van der Waals surface area contributed by atoms with Crippen molar-refractivity contribution in [3.05, 3.63) is 119 Å². The van der Waals surface area contributed by atoms with Crippen LogP contribution < -0.4 is 19.7 Å². The summed E-state index contributed by atoms with van der Waals surface area (Å²) in [6.07, 6.45) is 0. The molecule has 0 spiro atoms. The van der Waals surface area contributed by atoms with Gasteiger partial charge in [0.15, 0.2) is 0 Å². The number of halogens is 1. The van der Waals surface area contributed by atoms with Crippen molar-refractivity contribution >= 4 is 44.8 Å². The van der Waals surface area contributed by atoms with Gasteiger partial charge in [-0.1, -0.05) is 72.3 Å². The van der Waals surface area contributed by atoms with E-state index in [2.05, 4.69) is 10.6 Å². The number of amides is 2. The minimum Gasteiger partial charge on any atom is -0.495 e. The van der Waals surface area contributed by atoms with Crippen molar-refractivity contribution in [2.75, 3.05) is 23.3 Å². The van der Waals surface area contributed by atoms with Crippen molar-refractivity contribution in [2.45, 2.75) is 17.9 Å². The van der Waals surface area contributed by atoms with Gasteiger partial charge in [-0.05, 0) is 55.0 Å². The molecule has 0 aliphatic carbocycles. The molecular weight excluding hydrogens is 550 g/mol. The number of para-hydroxylation sites is 1.